The first kappa shape index (κ1) is 29.0. The lowest BCUT2D eigenvalue weighted by Gasteiger charge is -2.64. The van der Waals surface area contributed by atoms with Gasteiger partial charge in [0.1, 0.15) is 5.69 Å². The summed E-state index contributed by atoms with van der Waals surface area (Å²) in [6, 6.07) is 37.5. The molecule has 12 rings (SSSR count). The SMILES string of the molecule is O=[N+]([O-])c1ccccc1Nc1c(C2(c3ccccc3)C3CC4CC(C3)CC2C4)cccc1C1(c2ccccc2)C2CC3CC(C2)CC1C3. The Bertz CT molecular complexity index is 1710. The molecule has 0 heterocycles. The minimum absolute atomic E-state index is 0.125. The Hall–Kier alpha value is -3.92. The molecule has 0 atom stereocenters. The van der Waals surface area contributed by atoms with Gasteiger partial charge in [0.15, 0.2) is 0 Å². The van der Waals surface area contributed by atoms with Gasteiger partial charge in [0.05, 0.1) is 4.92 Å². The minimum Gasteiger partial charge on any atom is -0.349 e. The maximum Gasteiger partial charge on any atom is 0.292 e. The van der Waals surface area contributed by atoms with E-state index in [1.165, 1.54) is 92.1 Å². The molecule has 8 bridgehead atoms. The molecule has 0 saturated heterocycles. The molecule has 8 fully saturated rings. The van der Waals surface area contributed by atoms with Crippen molar-refractivity contribution in [2.24, 2.45) is 47.3 Å². The second kappa shape index (κ2) is 10.8. The molecule has 0 spiro atoms. The summed E-state index contributed by atoms with van der Waals surface area (Å²) >= 11 is 0. The van der Waals surface area contributed by atoms with E-state index >= 15 is 0 Å². The average Bonchev–Trinajstić information content (AvgIpc) is 3.10. The van der Waals surface area contributed by atoms with Crippen LogP contribution in [0.4, 0.5) is 17.1 Å². The second-order valence-corrected chi connectivity index (χ2v) is 16.7. The standard InChI is InChI=1S/C44H46N2O2/c47-46(48)41-17-8-7-16-40(41)45-42-38(43(32-10-3-1-4-11-32)34-20-28-18-29(22-34)23-35(43)21-28)14-9-15-39(42)44(33-12-5-2-6-13-33)36-24-30-19-31(26-36)27-37(44)25-30/h1-17,28-31,34-37,45H,18-27H2. The van der Waals surface area contributed by atoms with Crippen LogP contribution in [-0.2, 0) is 10.8 Å². The van der Waals surface area contributed by atoms with Gasteiger partial charge in [-0.2, -0.15) is 0 Å². The highest BCUT2D eigenvalue weighted by molar-refractivity contribution is 5.77. The second-order valence-electron chi connectivity index (χ2n) is 16.7. The van der Waals surface area contributed by atoms with Crippen molar-refractivity contribution in [2.45, 2.75) is 75.0 Å². The molecule has 8 saturated carbocycles. The number of rotatable bonds is 7. The summed E-state index contributed by atoms with van der Waals surface area (Å²) in [6.07, 6.45) is 13.1. The zero-order chi connectivity index (χ0) is 32.0. The third-order valence-electron chi connectivity index (χ3n) is 14.7. The summed E-state index contributed by atoms with van der Waals surface area (Å²) < 4.78 is 0. The van der Waals surface area contributed by atoms with E-state index in [-0.39, 0.29) is 21.4 Å². The van der Waals surface area contributed by atoms with Crippen LogP contribution in [-0.4, -0.2) is 4.92 Å². The predicted molar refractivity (Wildman–Crippen MR) is 191 cm³/mol. The molecule has 48 heavy (non-hydrogen) atoms. The van der Waals surface area contributed by atoms with Crippen LogP contribution in [0.3, 0.4) is 0 Å². The lowest BCUT2D eigenvalue weighted by molar-refractivity contribution is -0.383. The fourth-order valence-corrected chi connectivity index (χ4v) is 13.7. The van der Waals surface area contributed by atoms with Crippen molar-refractivity contribution in [3.63, 3.8) is 0 Å². The highest BCUT2D eigenvalue weighted by Gasteiger charge is 2.62. The number of para-hydroxylation sites is 3. The van der Waals surface area contributed by atoms with Gasteiger partial charge in [0.25, 0.3) is 5.69 Å². The zero-order valence-electron chi connectivity index (χ0n) is 27.8. The Morgan fingerprint density at radius 3 is 1.31 bits per heavy atom. The van der Waals surface area contributed by atoms with E-state index in [0.717, 1.165) is 23.7 Å². The number of nitrogens with one attached hydrogen (secondary N) is 1. The van der Waals surface area contributed by atoms with Crippen LogP contribution >= 0.6 is 0 Å². The summed E-state index contributed by atoms with van der Waals surface area (Å²) in [7, 11) is 0. The molecule has 4 heteroatoms. The average molecular weight is 635 g/mol. The van der Waals surface area contributed by atoms with Crippen LogP contribution in [0.25, 0.3) is 0 Å². The van der Waals surface area contributed by atoms with E-state index in [9.17, 15) is 10.1 Å². The van der Waals surface area contributed by atoms with Gasteiger partial charge < -0.3 is 5.32 Å². The number of nitro groups is 1. The Labute approximate surface area is 284 Å². The number of hydrogen-bond donors (Lipinski definition) is 1. The normalized spacial score (nSPS) is 37.1. The number of nitro benzene ring substituents is 1. The molecule has 4 aromatic carbocycles. The van der Waals surface area contributed by atoms with Gasteiger partial charge in [-0.05, 0) is 140 Å². The fraction of sp³-hybridized carbons (Fsp3) is 0.455. The first-order valence-corrected chi connectivity index (χ1v) is 18.8. The maximum atomic E-state index is 12.5. The lowest BCUT2D eigenvalue weighted by atomic mass is 9.40. The molecule has 8 aliphatic rings. The summed E-state index contributed by atoms with van der Waals surface area (Å²) in [6.45, 7) is 0. The van der Waals surface area contributed by atoms with E-state index in [0.29, 0.717) is 29.4 Å². The number of hydrogen-bond acceptors (Lipinski definition) is 3. The van der Waals surface area contributed by atoms with Gasteiger partial charge in [-0.15, -0.1) is 0 Å². The van der Waals surface area contributed by atoms with Gasteiger partial charge in [0, 0.05) is 22.6 Å². The molecule has 0 unspecified atom stereocenters. The molecule has 0 aliphatic heterocycles. The zero-order valence-corrected chi connectivity index (χ0v) is 27.8. The largest absolute Gasteiger partial charge is 0.349 e. The topological polar surface area (TPSA) is 55.2 Å². The van der Waals surface area contributed by atoms with E-state index in [2.05, 4.69) is 84.2 Å². The summed E-state index contributed by atoms with van der Waals surface area (Å²) in [5, 5.41) is 16.5. The van der Waals surface area contributed by atoms with Crippen LogP contribution in [0.5, 0.6) is 0 Å². The first-order chi connectivity index (χ1) is 23.5. The van der Waals surface area contributed by atoms with Crippen LogP contribution in [0.2, 0.25) is 0 Å². The van der Waals surface area contributed by atoms with Crippen molar-refractivity contribution in [1.29, 1.82) is 0 Å². The predicted octanol–water partition coefficient (Wildman–Crippen LogP) is 10.8. The smallest absolute Gasteiger partial charge is 0.292 e. The number of nitrogens with zero attached hydrogens (tertiary/aromatic N) is 1. The van der Waals surface area contributed by atoms with Crippen LogP contribution < -0.4 is 5.32 Å². The quantitative estimate of drug-likeness (QED) is 0.163. The molecule has 244 valence electrons. The molecular weight excluding hydrogens is 588 g/mol. The Kier molecular flexibility index (Phi) is 6.53. The van der Waals surface area contributed by atoms with Crippen molar-refractivity contribution < 1.29 is 4.92 Å². The van der Waals surface area contributed by atoms with Crippen molar-refractivity contribution in [3.8, 4) is 0 Å². The van der Waals surface area contributed by atoms with Crippen LogP contribution in [0, 0.1) is 57.5 Å². The van der Waals surface area contributed by atoms with Crippen molar-refractivity contribution in [2.75, 3.05) is 5.32 Å². The first-order valence-electron chi connectivity index (χ1n) is 18.8. The van der Waals surface area contributed by atoms with Crippen molar-refractivity contribution in [1.82, 2.24) is 0 Å². The van der Waals surface area contributed by atoms with E-state index in [1.807, 2.05) is 12.1 Å². The highest BCUT2D eigenvalue weighted by Crippen LogP contribution is 2.69. The third-order valence-corrected chi connectivity index (χ3v) is 14.7. The van der Waals surface area contributed by atoms with Crippen molar-refractivity contribution >= 4 is 17.1 Å². The molecule has 4 nitrogen and oxygen atoms in total. The molecule has 0 amide bonds. The molecular formula is C44H46N2O2. The third kappa shape index (κ3) is 4.01. The van der Waals surface area contributed by atoms with Crippen LogP contribution in [0.1, 0.15) is 86.5 Å². The van der Waals surface area contributed by atoms with Crippen LogP contribution in [0.15, 0.2) is 103 Å². The Morgan fingerprint density at radius 2 is 0.896 bits per heavy atom. The highest BCUT2D eigenvalue weighted by atomic mass is 16.6. The molecule has 4 aromatic rings. The summed E-state index contributed by atoms with van der Waals surface area (Å²) in [4.78, 5) is 12.3. The van der Waals surface area contributed by atoms with E-state index in [1.54, 1.807) is 12.1 Å². The van der Waals surface area contributed by atoms with Gasteiger partial charge >= 0.3 is 0 Å². The van der Waals surface area contributed by atoms with Gasteiger partial charge in [-0.1, -0.05) is 91.0 Å². The van der Waals surface area contributed by atoms with E-state index < -0.39 is 0 Å². The monoisotopic (exact) mass is 634 g/mol. The van der Waals surface area contributed by atoms with Gasteiger partial charge in [0.2, 0.25) is 0 Å². The Morgan fingerprint density at radius 1 is 0.500 bits per heavy atom. The van der Waals surface area contributed by atoms with Crippen molar-refractivity contribution in [3.05, 3.63) is 135 Å². The maximum absolute atomic E-state index is 12.5. The molecule has 8 aliphatic carbocycles. The van der Waals surface area contributed by atoms with Gasteiger partial charge in [-0.3, -0.25) is 10.1 Å². The van der Waals surface area contributed by atoms with Gasteiger partial charge in [-0.25, -0.2) is 0 Å². The molecule has 0 radical (unpaired) electrons. The molecule has 0 aromatic heterocycles. The summed E-state index contributed by atoms with van der Waals surface area (Å²) in [5.74, 6) is 5.62. The minimum atomic E-state index is -0.212. The Balaban J connectivity index is 1.28. The number of benzene rings is 4. The summed E-state index contributed by atoms with van der Waals surface area (Å²) in [5.41, 5.74) is 7.34. The fourth-order valence-electron chi connectivity index (χ4n) is 13.7. The molecule has 1 N–H and O–H groups in total. The lowest BCUT2D eigenvalue weighted by Crippen LogP contribution is -2.57. The number of anilines is 2. The van der Waals surface area contributed by atoms with E-state index in [4.69, 9.17) is 0 Å².